The molecule has 24 heavy (non-hydrogen) atoms. The topological polar surface area (TPSA) is 90.0 Å². The van der Waals surface area contributed by atoms with Crippen LogP contribution < -0.4 is 10.9 Å². The molecule has 0 aliphatic rings. The van der Waals surface area contributed by atoms with E-state index in [-0.39, 0.29) is 30.3 Å². The summed E-state index contributed by atoms with van der Waals surface area (Å²) in [5, 5.41) is 7.36. The van der Waals surface area contributed by atoms with Gasteiger partial charge < -0.3 is 9.84 Å². The van der Waals surface area contributed by atoms with E-state index in [1.807, 2.05) is 18.2 Å². The molecule has 2 aromatic heterocycles. The Hall–Kier alpha value is -2.67. The molecule has 0 radical (unpaired) electrons. The molecule has 0 unspecified atom stereocenters. The molecule has 0 fully saturated rings. The maximum atomic E-state index is 12.5. The van der Waals surface area contributed by atoms with Crippen molar-refractivity contribution in [3.8, 4) is 0 Å². The molecule has 1 N–H and O–H groups in total. The Balaban J connectivity index is 1.79. The molecular weight excluding hydrogens is 332 g/mol. The zero-order chi connectivity index (χ0) is 17.3. The van der Waals surface area contributed by atoms with E-state index in [2.05, 4.69) is 15.5 Å². The Morgan fingerprint density at radius 3 is 2.83 bits per heavy atom. The van der Waals surface area contributed by atoms with Crippen LogP contribution in [0, 0.1) is 13.8 Å². The van der Waals surface area contributed by atoms with Crippen molar-refractivity contribution in [3.63, 3.8) is 0 Å². The van der Waals surface area contributed by atoms with Gasteiger partial charge in [0, 0.05) is 11.6 Å². The molecule has 7 nitrogen and oxygen atoms in total. The molecule has 0 saturated carbocycles. The zero-order valence-corrected chi connectivity index (χ0v) is 13.9. The van der Waals surface area contributed by atoms with Crippen molar-refractivity contribution >= 4 is 28.6 Å². The first-order valence-electron chi connectivity index (χ1n) is 7.31. The molecule has 2 heterocycles. The molecule has 1 amide bonds. The maximum Gasteiger partial charge on any atom is 0.267 e. The maximum absolute atomic E-state index is 12.5. The fourth-order valence-corrected chi connectivity index (χ4v) is 2.59. The van der Waals surface area contributed by atoms with E-state index in [0.29, 0.717) is 21.9 Å². The second-order valence-electron chi connectivity index (χ2n) is 5.37. The summed E-state index contributed by atoms with van der Waals surface area (Å²) in [5.41, 5.74) is 1.10. The lowest BCUT2D eigenvalue weighted by atomic mass is 10.2. The molecule has 0 bridgehead atoms. The zero-order valence-electron chi connectivity index (χ0n) is 13.2. The van der Waals surface area contributed by atoms with Crippen LogP contribution in [0.25, 0.3) is 11.1 Å². The van der Waals surface area contributed by atoms with Gasteiger partial charge in [-0.2, -0.15) is 4.98 Å². The number of aromatic nitrogens is 3. The number of carbonyl (C=O) groups is 1. The summed E-state index contributed by atoms with van der Waals surface area (Å²) in [6.45, 7) is 3.45. The standard InChI is InChI=1S/C16H15ClN4O3/c1-9-14-15(24-20-9)19-10(2)21(16(14)23)8-13(22)18-7-11-5-3-4-6-12(11)17/h3-6H,7-8H2,1-2H3,(H,18,22). The van der Waals surface area contributed by atoms with Crippen LogP contribution in [0.2, 0.25) is 5.02 Å². The number of carbonyl (C=O) groups excluding carboxylic acids is 1. The highest BCUT2D eigenvalue weighted by atomic mass is 35.5. The lowest BCUT2D eigenvalue weighted by Crippen LogP contribution is -2.33. The Labute approximate surface area is 142 Å². The number of rotatable bonds is 4. The smallest absolute Gasteiger partial charge is 0.267 e. The minimum atomic E-state index is -0.343. The van der Waals surface area contributed by atoms with Crippen LogP contribution >= 0.6 is 11.6 Å². The fourth-order valence-electron chi connectivity index (χ4n) is 2.39. The van der Waals surface area contributed by atoms with E-state index < -0.39 is 0 Å². The summed E-state index contributed by atoms with van der Waals surface area (Å²) >= 11 is 6.05. The number of hydrogen-bond donors (Lipinski definition) is 1. The SMILES string of the molecule is Cc1noc2nc(C)n(CC(=O)NCc3ccccc3Cl)c(=O)c12. The van der Waals surface area contributed by atoms with Gasteiger partial charge in [0.25, 0.3) is 11.3 Å². The van der Waals surface area contributed by atoms with Gasteiger partial charge in [-0.3, -0.25) is 14.2 Å². The number of halogens is 1. The van der Waals surface area contributed by atoms with Gasteiger partial charge in [0.05, 0.1) is 5.69 Å². The summed E-state index contributed by atoms with van der Waals surface area (Å²) in [6, 6.07) is 7.24. The molecule has 0 aliphatic heterocycles. The second kappa shape index (κ2) is 6.45. The number of fused-ring (bicyclic) bond motifs is 1. The van der Waals surface area contributed by atoms with Gasteiger partial charge in [-0.1, -0.05) is 35.0 Å². The summed E-state index contributed by atoms with van der Waals surface area (Å²) in [6.07, 6.45) is 0. The van der Waals surface area contributed by atoms with Crippen LogP contribution in [0.4, 0.5) is 0 Å². The van der Waals surface area contributed by atoms with Gasteiger partial charge in [-0.25, -0.2) is 0 Å². The van der Waals surface area contributed by atoms with E-state index in [9.17, 15) is 9.59 Å². The highest BCUT2D eigenvalue weighted by Gasteiger charge is 2.16. The molecule has 0 saturated heterocycles. The van der Waals surface area contributed by atoms with Crippen LogP contribution in [-0.2, 0) is 17.9 Å². The Bertz CT molecular complexity index is 977. The number of amides is 1. The van der Waals surface area contributed by atoms with Crippen molar-refractivity contribution in [2.24, 2.45) is 0 Å². The van der Waals surface area contributed by atoms with Crippen LogP contribution in [0.15, 0.2) is 33.6 Å². The number of benzene rings is 1. The third-order valence-electron chi connectivity index (χ3n) is 3.69. The molecule has 3 aromatic rings. The van der Waals surface area contributed by atoms with Crippen LogP contribution in [0.1, 0.15) is 17.1 Å². The highest BCUT2D eigenvalue weighted by molar-refractivity contribution is 6.31. The first-order valence-corrected chi connectivity index (χ1v) is 7.68. The van der Waals surface area contributed by atoms with Crippen LogP contribution in [-0.4, -0.2) is 20.6 Å². The molecule has 1 aromatic carbocycles. The Morgan fingerprint density at radius 2 is 2.08 bits per heavy atom. The Morgan fingerprint density at radius 1 is 1.33 bits per heavy atom. The average Bonchev–Trinajstić information content (AvgIpc) is 2.91. The van der Waals surface area contributed by atoms with Gasteiger partial charge >= 0.3 is 0 Å². The first kappa shape index (κ1) is 16.2. The van der Waals surface area contributed by atoms with E-state index in [4.69, 9.17) is 16.1 Å². The molecule has 0 aliphatic carbocycles. The summed E-state index contributed by atoms with van der Waals surface area (Å²) in [5.74, 6) is 0.0759. The summed E-state index contributed by atoms with van der Waals surface area (Å²) < 4.78 is 6.30. The molecule has 0 atom stereocenters. The van der Waals surface area contributed by atoms with Gasteiger partial charge in [0.2, 0.25) is 5.91 Å². The minimum absolute atomic E-state index is 0.136. The van der Waals surface area contributed by atoms with Crippen LogP contribution in [0.3, 0.4) is 0 Å². The molecule has 8 heteroatoms. The number of nitrogens with zero attached hydrogens (tertiary/aromatic N) is 3. The number of nitrogens with one attached hydrogen (secondary N) is 1. The molecule has 0 spiro atoms. The highest BCUT2D eigenvalue weighted by Crippen LogP contribution is 2.14. The predicted octanol–water partition coefficient (Wildman–Crippen LogP) is 1.97. The lowest BCUT2D eigenvalue weighted by molar-refractivity contribution is -0.121. The van der Waals surface area contributed by atoms with Gasteiger partial charge in [0.15, 0.2) is 0 Å². The molecule has 3 rings (SSSR count). The monoisotopic (exact) mass is 346 g/mol. The van der Waals surface area contributed by atoms with E-state index in [1.165, 1.54) is 4.57 Å². The lowest BCUT2D eigenvalue weighted by Gasteiger charge is -2.10. The summed E-state index contributed by atoms with van der Waals surface area (Å²) in [7, 11) is 0. The van der Waals surface area contributed by atoms with E-state index >= 15 is 0 Å². The predicted molar refractivity (Wildman–Crippen MR) is 88.8 cm³/mol. The first-order chi connectivity index (χ1) is 11.5. The normalized spacial score (nSPS) is 11.0. The van der Waals surface area contributed by atoms with Gasteiger partial charge in [-0.15, -0.1) is 0 Å². The van der Waals surface area contributed by atoms with Crippen LogP contribution in [0.5, 0.6) is 0 Å². The van der Waals surface area contributed by atoms with E-state index in [1.54, 1.807) is 19.9 Å². The van der Waals surface area contributed by atoms with Crippen molar-refractivity contribution < 1.29 is 9.32 Å². The largest absolute Gasteiger partial charge is 0.350 e. The fraction of sp³-hybridized carbons (Fsp3) is 0.250. The van der Waals surface area contributed by atoms with Crippen molar-refractivity contribution in [3.05, 3.63) is 56.7 Å². The van der Waals surface area contributed by atoms with Crippen molar-refractivity contribution in [1.29, 1.82) is 0 Å². The third-order valence-corrected chi connectivity index (χ3v) is 4.06. The second-order valence-corrected chi connectivity index (χ2v) is 5.77. The van der Waals surface area contributed by atoms with Gasteiger partial charge in [0.1, 0.15) is 17.8 Å². The van der Waals surface area contributed by atoms with Crippen molar-refractivity contribution in [2.75, 3.05) is 0 Å². The minimum Gasteiger partial charge on any atom is -0.350 e. The quantitative estimate of drug-likeness (QED) is 0.780. The van der Waals surface area contributed by atoms with E-state index in [0.717, 1.165) is 5.56 Å². The number of hydrogen-bond acceptors (Lipinski definition) is 5. The molecular formula is C16H15ClN4O3. The number of aryl methyl sites for hydroxylation is 2. The van der Waals surface area contributed by atoms with Crippen molar-refractivity contribution in [1.82, 2.24) is 20.0 Å². The van der Waals surface area contributed by atoms with Gasteiger partial charge in [-0.05, 0) is 25.5 Å². The summed E-state index contributed by atoms with van der Waals surface area (Å²) in [4.78, 5) is 28.9. The molecule has 124 valence electrons. The van der Waals surface area contributed by atoms with Crippen molar-refractivity contribution in [2.45, 2.75) is 26.9 Å². The average molecular weight is 347 g/mol. The Kier molecular flexibility index (Phi) is 4.35. The third kappa shape index (κ3) is 3.03.